The maximum absolute atomic E-state index is 8.80. The molecule has 0 atom stereocenters. The quantitative estimate of drug-likeness (QED) is 0.263. The van der Waals surface area contributed by atoms with Crippen molar-refractivity contribution in [1.29, 1.82) is 0 Å². The van der Waals surface area contributed by atoms with E-state index in [2.05, 4.69) is 96.5 Å². The average molecular weight is 820 g/mol. The molecule has 0 amide bonds. The molecule has 0 aliphatic heterocycles. The molecule has 0 fully saturated rings. The molecule has 0 saturated carbocycles. The van der Waals surface area contributed by atoms with Crippen LogP contribution in [0.5, 0.6) is 0 Å². The Kier molecular flexibility index (Phi) is 101. The Morgan fingerprint density at radius 3 is 0.590 bits per heavy atom. The van der Waals surface area contributed by atoms with Crippen LogP contribution in [0.25, 0.3) is 0 Å². The summed E-state index contributed by atoms with van der Waals surface area (Å²) >= 11 is 11.8. The first-order valence-electron chi connectivity index (χ1n) is 11.9. The third-order valence-corrected chi connectivity index (χ3v) is 2.77. The Bertz CT molecular complexity index is 393. The lowest BCUT2D eigenvalue weighted by molar-refractivity contribution is 0.00977. The number of methoxy groups -OCH3 is 4. The minimum Gasteiger partial charge on any atom is -0.388 e. The fourth-order valence-electron chi connectivity index (χ4n) is 1.64. The van der Waals surface area contributed by atoms with Gasteiger partial charge in [0.25, 0.3) is 0 Å². The highest BCUT2D eigenvalue weighted by Gasteiger charge is 1.99. The van der Waals surface area contributed by atoms with Crippen LogP contribution in [-0.4, -0.2) is 101 Å². The highest BCUT2D eigenvalue weighted by atomic mass is 79.9. The summed E-state index contributed by atoms with van der Waals surface area (Å²) in [5.74, 6) is 7.25. The predicted molar refractivity (Wildman–Crippen MR) is 188 cm³/mol. The monoisotopic (exact) mass is 816 g/mol. The van der Waals surface area contributed by atoms with Crippen molar-refractivity contribution in [3.05, 3.63) is 72.8 Å². The predicted octanol–water partition coefficient (Wildman–Crippen LogP) is 8.11. The Balaban J connectivity index is -0.0000000627. The molecule has 2 rings (SSSR count). The van der Waals surface area contributed by atoms with E-state index in [-0.39, 0.29) is 0 Å². The van der Waals surface area contributed by atoms with Gasteiger partial charge in [0.05, 0.1) is 26.4 Å². The Labute approximate surface area is 274 Å². The standard InChI is InChI=1S/2C6H6.2C5H12O3.C3H8.4CH3Br/c2*1-2-4-6-5-3-1;2*1-7-3-5(6)4-8-2;1-3-2;4*1-2/h2*1-6H;2*5-6H,3-4H2,1-2H3;3H2,1-2H3;4*1H3. The van der Waals surface area contributed by atoms with Crippen LogP contribution in [0.4, 0.5) is 0 Å². The molecule has 2 aromatic rings. The number of hydrogen-bond acceptors (Lipinski definition) is 6. The lowest BCUT2D eigenvalue weighted by Gasteiger charge is -2.05. The largest absolute Gasteiger partial charge is 0.388 e. The smallest absolute Gasteiger partial charge is 0.101 e. The summed E-state index contributed by atoms with van der Waals surface area (Å²) in [5, 5.41) is 17.6. The van der Waals surface area contributed by atoms with E-state index in [1.54, 1.807) is 28.4 Å². The third kappa shape index (κ3) is 85.5. The number of hydrogen-bond donors (Lipinski definition) is 2. The van der Waals surface area contributed by atoms with E-state index in [1.807, 2.05) is 96.1 Å². The topological polar surface area (TPSA) is 77.4 Å². The second-order valence-electron chi connectivity index (χ2n) is 6.15. The fraction of sp³-hybridized carbons (Fsp3) is 0.586. The molecule has 0 heterocycles. The number of alkyl halides is 4. The van der Waals surface area contributed by atoms with E-state index >= 15 is 0 Å². The molecule has 39 heavy (non-hydrogen) atoms. The molecule has 0 spiro atoms. The molecule has 0 unspecified atom stereocenters. The molecular formula is C29H56Br4O6. The van der Waals surface area contributed by atoms with Crippen molar-refractivity contribution < 1.29 is 29.2 Å². The van der Waals surface area contributed by atoms with E-state index < -0.39 is 12.2 Å². The van der Waals surface area contributed by atoms with Crippen LogP contribution in [0.15, 0.2) is 72.8 Å². The van der Waals surface area contributed by atoms with Crippen LogP contribution in [0.2, 0.25) is 0 Å². The van der Waals surface area contributed by atoms with Gasteiger partial charge in [-0.3, -0.25) is 0 Å². The normalized spacial score (nSPS) is 7.85. The second kappa shape index (κ2) is 71.4. The summed E-state index contributed by atoms with van der Waals surface area (Å²) in [6.45, 7) is 5.61. The van der Waals surface area contributed by atoms with Gasteiger partial charge in [-0.05, 0) is 23.3 Å². The number of halogens is 4. The SMILES string of the molecule is CBr.CBr.CBr.CBr.CCC.COCC(O)COC.COCC(O)COC.c1ccccc1.c1ccccc1. The summed E-state index contributed by atoms with van der Waals surface area (Å²) in [4.78, 5) is 0. The maximum atomic E-state index is 8.80. The average Bonchev–Trinajstić information content (AvgIpc) is 3.01. The van der Waals surface area contributed by atoms with Crippen LogP contribution in [0, 0.1) is 0 Å². The zero-order valence-corrected chi connectivity index (χ0v) is 32.0. The lowest BCUT2D eigenvalue weighted by Crippen LogP contribution is -2.19. The van der Waals surface area contributed by atoms with Gasteiger partial charge in [-0.15, -0.1) is 0 Å². The summed E-state index contributed by atoms with van der Waals surface area (Å²) < 4.78 is 18.5. The fourth-order valence-corrected chi connectivity index (χ4v) is 1.64. The molecule has 236 valence electrons. The van der Waals surface area contributed by atoms with Gasteiger partial charge in [0.2, 0.25) is 0 Å². The summed E-state index contributed by atoms with van der Waals surface area (Å²) in [6, 6.07) is 24.0. The van der Waals surface area contributed by atoms with Crippen molar-refractivity contribution in [3.8, 4) is 0 Å². The minimum atomic E-state index is -0.481. The molecule has 6 nitrogen and oxygen atoms in total. The molecule has 0 radical (unpaired) electrons. The minimum absolute atomic E-state index is 0.341. The molecule has 0 saturated heterocycles. The first kappa shape index (κ1) is 55.1. The van der Waals surface area contributed by atoms with Gasteiger partial charge < -0.3 is 29.2 Å². The third-order valence-electron chi connectivity index (χ3n) is 2.77. The number of benzene rings is 2. The van der Waals surface area contributed by atoms with Crippen LogP contribution < -0.4 is 0 Å². The molecule has 0 bridgehead atoms. The van der Waals surface area contributed by atoms with Gasteiger partial charge in [0.1, 0.15) is 12.2 Å². The first-order chi connectivity index (χ1) is 19.0. The van der Waals surface area contributed by atoms with Gasteiger partial charge in [0.15, 0.2) is 0 Å². The van der Waals surface area contributed by atoms with Crippen LogP contribution in [0.1, 0.15) is 20.3 Å². The van der Waals surface area contributed by atoms with Crippen molar-refractivity contribution >= 4 is 63.7 Å². The Morgan fingerprint density at radius 1 is 0.410 bits per heavy atom. The van der Waals surface area contributed by atoms with E-state index in [4.69, 9.17) is 10.2 Å². The van der Waals surface area contributed by atoms with E-state index in [0.717, 1.165) is 0 Å². The van der Waals surface area contributed by atoms with Crippen LogP contribution in [-0.2, 0) is 18.9 Å². The van der Waals surface area contributed by atoms with E-state index in [1.165, 1.54) is 6.42 Å². The highest BCUT2D eigenvalue weighted by molar-refractivity contribution is 9.09. The zero-order chi connectivity index (χ0) is 32.0. The zero-order valence-electron chi connectivity index (χ0n) is 25.7. The summed E-state index contributed by atoms with van der Waals surface area (Å²) in [6.07, 6.45) is 0.287. The lowest BCUT2D eigenvalue weighted by atomic mass is 10.4. The van der Waals surface area contributed by atoms with Gasteiger partial charge in [-0.2, -0.15) is 0 Å². The van der Waals surface area contributed by atoms with Gasteiger partial charge in [-0.1, -0.05) is 157 Å². The van der Waals surface area contributed by atoms with Gasteiger partial charge >= 0.3 is 0 Å². The van der Waals surface area contributed by atoms with E-state index in [0.29, 0.717) is 26.4 Å². The Hall–Kier alpha value is 0.120. The van der Waals surface area contributed by atoms with E-state index in [9.17, 15) is 0 Å². The van der Waals surface area contributed by atoms with Crippen molar-refractivity contribution in [2.75, 3.05) is 78.2 Å². The van der Waals surface area contributed by atoms with Crippen molar-refractivity contribution in [2.24, 2.45) is 0 Å². The number of ether oxygens (including phenoxy) is 4. The van der Waals surface area contributed by atoms with Crippen molar-refractivity contribution in [2.45, 2.75) is 32.5 Å². The molecular weight excluding hydrogens is 764 g/mol. The molecule has 2 aromatic carbocycles. The summed E-state index contributed by atoms with van der Waals surface area (Å²) in [7, 11) is 6.16. The molecule has 2 N–H and O–H groups in total. The second-order valence-corrected chi connectivity index (χ2v) is 6.15. The Morgan fingerprint density at radius 2 is 0.513 bits per heavy atom. The van der Waals surface area contributed by atoms with Gasteiger partial charge in [-0.25, -0.2) is 0 Å². The number of aliphatic hydroxyl groups excluding tert-OH is 2. The molecule has 10 heteroatoms. The van der Waals surface area contributed by atoms with Crippen LogP contribution in [0.3, 0.4) is 0 Å². The maximum Gasteiger partial charge on any atom is 0.101 e. The highest BCUT2D eigenvalue weighted by Crippen LogP contribution is 1.83. The first-order valence-corrected chi connectivity index (χ1v) is 18.2. The van der Waals surface area contributed by atoms with Crippen molar-refractivity contribution in [3.63, 3.8) is 0 Å². The molecule has 0 aliphatic carbocycles. The van der Waals surface area contributed by atoms with Crippen LogP contribution >= 0.6 is 63.7 Å². The molecule has 0 aromatic heterocycles. The van der Waals surface area contributed by atoms with Gasteiger partial charge in [0, 0.05) is 28.4 Å². The number of rotatable bonds is 8. The van der Waals surface area contributed by atoms with Crippen molar-refractivity contribution in [1.82, 2.24) is 0 Å². The number of aliphatic hydroxyl groups is 2. The molecule has 0 aliphatic rings. The summed E-state index contributed by atoms with van der Waals surface area (Å²) in [5.41, 5.74) is 0.